The summed E-state index contributed by atoms with van der Waals surface area (Å²) in [6.07, 6.45) is 3.71. The fourth-order valence-electron chi connectivity index (χ4n) is 5.18. The first kappa shape index (κ1) is 18.1. The van der Waals surface area contributed by atoms with Crippen molar-refractivity contribution in [1.82, 2.24) is 14.5 Å². The van der Waals surface area contributed by atoms with E-state index in [1.54, 1.807) is 0 Å². The van der Waals surface area contributed by atoms with Crippen LogP contribution in [0.2, 0.25) is 0 Å². The van der Waals surface area contributed by atoms with Crippen LogP contribution in [0.4, 0.5) is 0 Å². The fraction of sp³-hybridized carbons (Fsp3) is 0. The van der Waals surface area contributed by atoms with Crippen molar-refractivity contribution in [3.63, 3.8) is 0 Å². The minimum atomic E-state index is 0.887. The predicted octanol–water partition coefficient (Wildman–Crippen LogP) is 7.40. The monoisotopic (exact) mass is 421 g/mol. The number of benzene rings is 3. The van der Waals surface area contributed by atoms with Crippen LogP contribution in [0.5, 0.6) is 0 Å². The lowest BCUT2D eigenvalue weighted by molar-refractivity contribution is 1.04. The molecule has 7 rings (SSSR count). The summed E-state index contributed by atoms with van der Waals surface area (Å²) < 4.78 is 2.27. The summed E-state index contributed by atoms with van der Waals surface area (Å²) in [6, 6.07) is 36.2. The van der Waals surface area contributed by atoms with Crippen molar-refractivity contribution < 1.29 is 0 Å². The molecule has 0 saturated carbocycles. The second-order valence-corrected chi connectivity index (χ2v) is 8.25. The number of hydrogen-bond donors (Lipinski definition) is 0. The summed E-state index contributed by atoms with van der Waals surface area (Å²) in [6.45, 7) is 0. The van der Waals surface area contributed by atoms with Crippen LogP contribution in [-0.2, 0) is 0 Å². The second-order valence-electron chi connectivity index (χ2n) is 8.25. The van der Waals surface area contributed by atoms with Crippen molar-refractivity contribution >= 4 is 10.9 Å². The molecule has 0 amide bonds. The molecule has 0 spiro atoms. The highest BCUT2D eigenvalue weighted by molar-refractivity contribution is 6.17. The van der Waals surface area contributed by atoms with Crippen molar-refractivity contribution in [2.24, 2.45) is 0 Å². The first-order chi connectivity index (χ1) is 16.4. The average molecular weight is 422 g/mol. The van der Waals surface area contributed by atoms with Gasteiger partial charge in [-0.3, -0.25) is 9.55 Å². The van der Waals surface area contributed by atoms with Gasteiger partial charge in [0.05, 0.1) is 16.9 Å². The highest BCUT2D eigenvalue weighted by Crippen LogP contribution is 2.52. The third kappa shape index (κ3) is 2.56. The maximum Gasteiger partial charge on any atom is 0.137 e. The zero-order valence-electron chi connectivity index (χ0n) is 17.8. The molecule has 154 valence electrons. The van der Waals surface area contributed by atoms with E-state index in [2.05, 4.69) is 83.4 Å². The van der Waals surface area contributed by atoms with Crippen LogP contribution in [-0.4, -0.2) is 14.5 Å². The van der Waals surface area contributed by atoms with Crippen LogP contribution in [0.3, 0.4) is 0 Å². The number of nitrogens with zero attached hydrogens (tertiary/aromatic N) is 3. The van der Waals surface area contributed by atoms with E-state index in [1.165, 1.54) is 38.8 Å². The van der Waals surface area contributed by atoms with Crippen LogP contribution in [0.15, 0.2) is 116 Å². The largest absolute Gasteiger partial charge is 0.292 e. The molecule has 33 heavy (non-hydrogen) atoms. The fourth-order valence-corrected chi connectivity index (χ4v) is 5.18. The Bertz CT molecular complexity index is 1650. The maximum absolute atomic E-state index is 4.80. The first-order valence-electron chi connectivity index (χ1n) is 11.1. The molecule has 0 N–H and O–H groups in total. The zero-order valence-corrected chi connectivity index (χ0v) is 17.8. The van der Waals surface area contributed by atoms with Crippen LogP contribution in [0.1, 0.15) is 0 Å². The van der Waals surface area contributed by atoms with Crippen molar-refractivity contribution in [3.05, 3.63) is 116 Å². The minimum absolute atomic E-state index is 0.887. The molecule has 0 saturated heterocycles. The van der Waals surface area contributed by atoms with E-state index in [1.807, 2.05) is 36.7 Å². The van der Waals surface area contributed by atoms with Crippen LogP contribution < -0.4 is 0 Å². The summed E-state index contributed by atoms with van der Waals surface area (Å²) in [4.78, 5) is 9.54. The molecule has 0 atom stereocenters. The van der Waals surface area contributed by atoms with Gasteiger partial charge in [0.2, 0.25) is 0 Å². The molecule has 3 heterocycles. The van der Waals surface area contributed by atoms with E-state index in [0.29, 0.717) is 0 Å². The molecule has 3 heteroatoms. The highest BCUT2D eigenvalue weighted by Gasteiger charge is 2.29. The van der Waals surface area contributed by atoms with Gasteiger partial charge < -0.3 is 0 Å². The molecule has 0 radical (unpaired) electrons. The van der Waals surface area contributed by atoms with Gasteiger partial charge in [0.1, 0.15) is 5.82 Å². The third-order valence-electron chi connectivity index (χ3n) is 6.48. The summed E-state index contributed by atoms with van der Waals surface area (Å²) in [5.41, 5.74) is 10.5. The SMILES string of the molecule is c1ccc(-c2c3c4c(cccc4n2-c2ccccn2)-c2ccccc2-c2ccccc2-3)nc1. The molecule has 0 unspecified atom stereocenters. The Morgan fingerprint density at radius 2 is 1.09 bits per heavy atom. The van der Waals surface area contributed by atoms with Gasteiger partial charge in [-0.15, -0.1) is 0 Å². The summed E-state index contributed by atoms with van der Waals surface area (Å²) >= 11 is 0. The molecule has 0 aliphatic heterocycles. The topological polar surface area (TPSA) is 30.7 Å². The maximum atomic E-state index is 4.80. The van der Waals surface area contributed by atoms with E-state index in [9.17, 15) is 0 Å². The summed E-state index contributed by atoms with van der Waals surface area (Å²) in [5.74, 6) is 0.887. The van der Waals surface area contributed by atoms with Crippen LogP contribution in [0.25, 0.3) is 61.5 Å². The normalized spacial score (nSPS) is 11.6. The van der Waals surface area contributed by atoms with E-state index < -0.39 is 0 Å². The predicted molar refractivity (Wildman–Crippen MR) is 134 cm³/mol. The Morgan fingerprint density at radius 1 is 0.485 bits per heavy atom. The molecule has 6 aromatic rings. The molecule has 3 nitrogen and oxygen atoms in total. The molecule has 3 aromatic carbocycles. The highest BCUT2D eigenvalue weighted by atomic mass is 15.1. The molecule has 3 aromatic heterocycles. The Labute approximate surface area is 191 Å². The van der Waals surface area contributed by atoms with Gasteiger partial charge in [-0.1, -0.05) is 72.8 Å². The number of rotatable bonds is 2. The lowest BCUT2D eigenvalue weighted by Gasteiger charge is -2.14. The van der Waals surface area contributed by atoms with Crippen molar-refractivity contribution in [2.45, 2.75) is 0 Å². The molecule has 0 bridgehead atoms. The van der Waals surface area contributed by atoms with Gasteiger partial charge in [-0.25, -0.2) is 4.98 Å². The Hall–Kier alpha value is -4.50. The van der Waals surface area contributed by atoms with Crippen molar-refractivity contribution in [1.29, 1.82) is 0 Å². The zero-order chi connectivity index (χ0) is 21.8. The van der Waals surface area contributed by atoms with Crippen LogP contribution in [0, 0.1) is 0 Å². The molecular formula is C30H19N3. The summed E-state index contributed by atoms with van der Waals surface area (Å²) in [7, 11) is 0. The number of pyridine rings is 2. The van der Waals surface area contributed by atoms with E-state index in [0.717, 1.165) is 22.7 Å². The van der Waals surface area contributed by atoms with Crippen LogP contribution >= 0.6 is 0 Å². The van der Waals surface area contributed by atoms with E-state index in [4.69, 9.17) is 9.97 Å². The lowest BCUT2D eigenvalue weighted by atomic mass is 9.93. The van der Waals surface area contributed by atoms with Gasteiger partial charge in [0, 0.05) is 23.3 Å². The van der Waals surface area contributed by atoms with Gasteiger partial charge >= 0.3 is 0 Å². The number of hydrogen-bond acceptors (Lipinski definition) is 2. The van der Waals surface area contributed by atoms with E-state index in [-0.39, 0.29) is 0 Å². The number of fused-ring (bicyclic) bond motifs is 5. The number of aromatic nitrogens is 3. The Balaban J connectivity index is 1.76. The molecule has 1 aliphatic carbocycles. The molecule has 0 fully saturated rings. The quantitative estimate of drug-likeness (QED) is 0.291. The average Bonchev–Trinajstić information content (AvgIpc) is 3.19. The van der Waals surface area contributed by atoms with Gasteiger partial charge in [0.25, 0.3) is 0 Å². The lowest BCUT2D eigenvalue weighted by Crippen LogP contribution is -2.01. The molecular weight excluding hydrogens is 402 g/mol. The van der Waals surface area contributed by atoms with Gasteiger partial charge in [0.15, 0.2) is 0 Å². The summed E-state index contributed by atoms with van der Waals surface area (Å²) in [5, 5.41) is 1.24. The smallest absolute Gasteiger partial charge is 0.137 e. The van der Waals surface area contributed by atoms with Gasteiger partial charge in [-0.2, -0.15) is 0 Å². The Kier molecular flexibility index (Phi) is 3.84. The third-order valence-corrected chi connectivity index (χ3v) is 6.48. The van der Waals surface area contributed by atoms with E-state index >= 15 is 0 Å². The Morgan fingerprint density at radius 3 is 1.79 bits per heavy atom. The first-order valence-corrected chi connectivity index (χ1v) is 11.1. The molecule has 1 aliphatic rings. The van der Waals surface area contributed by atoms with Gasteiger partial charge in [-0.05, 0) is 58.1 Å². The standard InChI is InChI=1S/C30H19N3/c1-2-11-21-20(10-1)22-12-3-4-13-24(22)29-28-23(21)14-9-16-26(28)33(27-17-6-8-19-32-27)30(29)25-15-5-7-18-31-25/h1-19H. The minimum Gasteiger partial charge on any atom is -0.292 e. The second kappa shape index (κ2) is 7.01. The van der Waals surface area contributed by atoms with Crippen molar-refractivity contribution in [2.75, 3.05) is 0 Å². The van der Waals surface area contributed by atoms with Crippen molar-refractivity contribution in [3.8, 4) is 50.6 Å².